The average Bonchev–Trinajstić information content (AvgIpc) is 2.25. The van der Waals surface area contributed by atoms with Crippen LogP contribution in [-0.2, 0) is 9.53 Å². The first kappa shape index (κ1) is 15.5. The molecule has 1 heterocycles. The smallest absolute Gasteiger partial charge is 0.406 e. The molecule has 0 aromatic rings. The number of hydrogen-bond donors (Lipinski definition) is 1. The Morgan fingerprint density at radius 3 is 2.63 bits per heavy atom. The first-order chi connectivity index (χ1) is 8.70. The topological polar surface area (TPSA) is 70.1 Å². The van der Waals surface area contributed by atoms with Crippen molar-refractivity contribution >= 4 is 12.0 Å². The van der Waals surface area contributed by atoms with Crippen molar-refractivity contribution in [3.8, 4) is 0 Å². The van der Waals surface area contributed by atoms with Crippen molar-refractivity contribution in [2.75, 3.05) is 33.4 Å². The highest BCUT2D eigenvalue weighted by atomic mass is 19.4. The predicted octanol–water partition coefficient (Wildman–Crippen LogP) is 0.776. The van der Waals surface area contributed by atoms with Gasteiger partial charge in [0.1, 0.15) is 6.54 Å². The SMILES string of the molecule is CN(CC(F)(F)F)C(=O)N1CCOCC1CC(=O)O. The molecule has 2 amide bonds. The Hall–Kier alpha value is -1.51. The number of carboxylic acid groups (broad SMARTS) is 1. The van der Waals surface area contributed by atoms with E-state index in [9.17, 15) is 22.8 Å². The molecule has 6 nitrogen and oxygen atoms in total. The highest BCUT2D eigenvalue weighted by Crippen LogP contribution is 2.18. The number of aliphatic carboxylic acids is 1. The Labute approximate surface area is 107 Å². The maximum atomic E-state index is 12.2. The van der Waals surface area contributed by atoms with Gasteiger partial charge in [0.2, 0.25) is 0 Å². The number of carbonyl (C=O) groups excluding carboxylic acids is 1. The Balaban J connectivity index is 2.68. The minimum atomic E-state index is -4.49. The molecule has 0 saturated carbocycles. The molecular formula is C10H15F3N2O4. The number of alkyl halides is 3. The minimum absolute atomic E-state index is 0.0118. The first-order valence-electron chi connectivity index (χ1n) is 5.58. The van der Waals surface area contributed by atoms with Crippen molar-refractivity contribution in [1.82, 2.24) is 9.80 Å². The molecule has 1 atom stereocenters. The van der Waals surface area contributed by atoms with Crippen molar-refractivity contribution in [3.05, 3.63) is 0 Å². The summed E-state index contributed by atoms with van der Waals surface area (Å²) in [7, 11) is 1.03. The standard InChI is InChI=1S/C10H15F3N2O4/c1-14(6-10(11,12)13)9(18)15-2-3-19-5-7(15)4-8(16)17/h7H,2-6H2,1H3,(H,16,17). The van der Waals surface area contributed by atoms with E-state index in [0.29, 0.717) is 4.90 Å². The third-order valence-corrected chi connectivity index (χ3v) is 2.63. The Morgan fingerprint density at radius 1 is 1.47 bits per heavy atom. The maximum absolute atomic E-state index is 12.2. The van der Waals surface area contributed by atoms with E-state index >= 15 is 0 Å². The molecule has 19 heavy (non-hydrogen) atoms. The van der Waals surface area contributed by atoms with E-state index in [2.05, 4.69) is 0 Å². The summed E-state index contributed by atoms with van der Waals surface area (Å²) in [5, 5.41) is 8.70. The lowest BCUT2D eigenvalue weighted by Gasteiger charge is -2.37. The zero-order chi connectivity index (χ0) is 14.6. The van der Waals surface area contributed by atoms with Gasteiger partial charge in [-0.15, -0.1) is 0 Å². The van der Waals surface area contributed by atoms with E-state index in [1.54, 1.807) is 0 Å². The summed E-state index contributed by atoms with van der Waals surface area (Å²) in [4.78, 5) is 24.2. The number of halogens is 3. The summed E-state index contributed by atoms with van der Waals surface area (Å²) in [6.07, 6.45) is -4.84. The number of amides is 2. The van der Waals surface area contributed by atoms with Crippen LogP contribution in [0, 0.1) is 0 Å². The van der Waals surface area contributed by atoms with Gasteiger partial charge in [-0.1, -0.05) is 0 Å². The fraction of sp³-hybridized carbons (Fsp3) is 0.800. The van der Waals surface area contributed by atoms with Crippen molar-refractivity contribution in [1.29, 1.82) is 0 Å². The molecule has 110 valence electrons. The van der Waals surface area contributed by atoms with Crippen molar-refractivity contribution in [3.63, 3.8) is 0 Å². The van der Waals surface area contributed by atoms with Gasteiger partial charge in [0, 0.05) is 13.6 Å². The van der Waals surface area contributed by atoms with Crippen LogP contribution in [0.3, 0.4) is 0 Å². The maximum Gasteiger partial charge on any atom is 0.406 e. The molecule has 0 aromatic carbocycles. The molecular weight excluding hydrogens is 269 g/mol. The van der Waals surface area contributed by atoms with Gasteiger partial charge in [-0.2, -0.15) is 13.2 Å². The molecule has 1 unspecified atom stereocenters. The molecule has 9 heteroatoms. The van der Waals surface area contributed by atoms with Gasteiger partial charge in [-0.25, -0.2) is 4.79 Å². The molecule has 0 spiro atoms. The van der Waals surface area contributed by atoms with Crippen molar-refractivity contribution < 1.29 is 32.6 Å². The molecule has 0 aromatic heterocycles. The van der Waals surface area contributed by atoms with Crippen LogP contribution in [0.2, 0.25) is 0 Å². The summed E-state index contributed by atoms with van der Waals surface area (Å²) in [5.74, 6) is -1.13. The van der Waals surface area contributed by atoms with Crippen molar-refractivity contribution in [2.45, 2.75) is 18.6 Å². The van der Waals surface area contributed by atoms with E-state index in [1.807, 2.05) is 0 Å². The first-order valence-corrected chi connectivity index (χ1v) is 5.58. The molecule has 1 fully saturated rings. The van der Waals surface area contributed by atoms with Crippen LogP contribution in [0.1, 0.15) is 6.42 Å². The molecule has 0 aliphatic carbocycles. The second-order valence-corrected chi connectivity index (χ2v) is 4.27. The van der Waals surface area contributed by atoms with Gasteiger partial charge < -0.3 is 19.6 Å². The molecule has 1 N–H and O–H groups in total. The number of morpholine rings is 1. The second-order valence-electron chi connectivity index (χ2n) is 4.27. The normalized spacial score (nSPS) is 20.2. The van der Waals surface area contributed by atoms with Gasteiger partial charge in [0.05, 0.1) is 25.7 Å². The van der Waals surface area contributed by atoms with E-state index in [0.717, 1.165) is 11.9 Å². The third-order valence-electron chi connectivity index (χ3n) is 2.63. The lowest BCUT2D eigenvalue weighted by Crippen LogP contribution is -2.54. The van der Waals surface area contributed by atoms with Gasteiger partial charge in [0.15, 0.2) is 0 Å². The Kier molecular flexibility index (Phi) is 4.98. The summed E-state index contributed by atoms with van der Waals surface area (Å²) in [6, 6.07) is -1.58. The Morgan fingerprint density at radius 2 is 2.11 bits per heavy atom. The monoisotopic (exact) mass is 284 g/mol. The number of hydrogen-bond acceptors (Lipinski definition) is 3. The number of carbonyl (C=O) groups is 2. The van der Waals surface area contributed by atoms with Gasteiger partial charge in [0.25, 0.3) is 0 Å². The van der Waals surface area contributed by atoms with Gasteiger partial charge in [-0.3, -0.25) is 4.79 Å². The molecule has 0 radical (unpaired) electrons. The van der Waals surface area contributed by atoms with Crippen LogP contribution >= 0.6 is 0 Å². The lowest BCUT2D eigenvalue weighted by molar-refractivity contribution is -0.143. The number of carboxylic acids is 1. The fourth-order valence-electron chi connectivity index (χ4n) is 1.83. The average molecular weight is 284 g/mol. The quantitative estimate of drug-likeness (QED) is 0.831. The predicted molar refractivity (Wildman–Crippen MR) is 57.6 cm³/mol. The zero-order valence-electron chi connectivity index (χ0n) is 10.3. The molecule has 0 bridgehead atoms. The number of urea groups is 1. The minimum Gasteiger partial charge on any atom is -0.481 e. The van der Waals surface area contributed by atoms with Crippen LogP contribution in [0.25, 0.3) is 0 Å². The molecule has 1 aliphatic rings. The van der Waals surface area contributed by atoms with E-state index in [4.69, 9.17) is 9.84 Å². The van der Waals surface area contributed by atoms with E-state index in [1.165, 1.54) is 0 Å². The van der Waals surface area contributed by atoms with Gasteiger partial charge in [-0.05, 0) is 0 Å². The summed E-state index contributed by atoms with van der Waals surface area (Å²) in [5.41, 5.74) is 0. The van der Waals surface area contributed by atoms with Crippen molar-refractivity contribution in [2.24, 2.45) is 0 Å². The fourth-order valence-corrected chi connectivity index (χ4v) is 1.83. The number of nitrogens with zero attached hydrogens (tertiary/aromatic N) is 2. The summed E-state index contributed by atoms with van der Waals surface area (Å²) < 4.78 is 41.7. The van der Waals surface area contributed by atoms with Crippen LogP contribution in [0.4, 0.5) is 18.0 Å². The second kappa shape index (κ2) is 6.09. The number of ether oxygens (including phenoxy) is 1. The molecule has 1 rings (SSSR count). The van der Waals surface area contributed by atoms with E-state index < -0.39 is 30.8 Å². The highest BCUT2D eigenvalue weighted by Gasteiger charge is 2.36. The largest absolute Gasteiger partial charge is 0.481 e. The van der Waals surface area contributed by atoms with Crippen LogP contribution in [-0.4, -0.2) is 72.5 Å². The summed E-state index contributed by atoms with van der Waals surface area (Å²) >= 11 is 0. The zero-order valence-corrected chi connectivity index (χ0v) is 10.3. The lowest BCUT2D eigenvalue weighted by atomic mass is 10.1. The van der Waals surface area contributed by atoms with Crippen LogP contribution in [0.15, 0.2) is 0 Å². The van der Waals surface area contributed by atoms with Crippen LogP contribution in [0.5, 0.6) is 0 Å². The molecule has 1 aliphatic heterocycles. The third kappa shape index (κ3) is 4.93. The van der Waals surface area contributed by atoms with E-state index in [-0.39, 0.29) is 26.2 Å². The molecule has 1 saturated heterocycles. The summed E-state index contributed by atoms with van der Waals surface area (Å²) in [6.45, 7) is -1.10. The van der Waals surface area contributed by atoms with Crippen LogP contribution < -0.4 is 0 Å². The highest BCUT2D eigenvalue weighted by molar-refractivity contribution is 5.76. The Bertz CT molecular complexity index is 348. The number of rotatable bonds is 3. The van der Waals surface area contributed by atoms with Gasteiger partial charge >= 0.3 is 18.2 Å².